The van der Waals surface area contributed by atoms with Gasteiger partial charge in [-0.05, 0) is 101 Å². The highest BCUT2D eigenvalue weighted by Gasteiger charge is 2.26. The fourth-order valence-electron chi connectivity index (χ4n) is 8.31. The Morgan fingerprint density at radius 1 is 0.241 bits per heavy atom. The molecule has 0 saturated carbocycles. The van der Waals surface area contributed by atoms with Gasteiger partial charge >= 0.3 is 0 Å². The van der Waals surface area contributed by atoms with Crippen molar-refractivity contribution in [1.29, 1.82) is 0 Å². The zero-order valence-corrected chi connectivity index (χ0v) is 29.5. The molecular formula is C52H34N2. The van der Waals surface area contributed by atoms with Gasteiger partial charge in [0.1, 0.15) is 0 Å². The van der Waals surface area contributed by atoms with Crippen molar-refractivity contribution in [3.05, 3.63) is 207 Å². The molecule has 54 heavy (non-hydrogen) atoms. The maximum Gasteiger partial charge on any atom is 0.0715 e. The van der Waals surface area contributed by atoms with Crippen LogP contribution in [0.2, 0.25) is 0 Å². The Balaban J connectivity index is 1.42. The van der Waals surface area contributed by atoms with E-state index in [9.17, 15) is 0 Å². The molecule has 0 radical (unpaired) electrons. The molecule has 10 aromatic rings. The van der Waals surface area contributed by atoms with Gasteiger partial charge in [-0.1, -0.05) is 170 Å². The molecule has 2 heteroatoms. The monoisotopic (exact) mass is 686 g/mol. The van der Waals surface area contributed by atoms with Crippen LogP contribution in [0.1, 0.15) is 0 Å². The van der Waals surface area contributed by atoms with Crippen LogP contribution in [0, 0.1) is 0 Å². The third-order valence-electron chi connectivity index (χ3n) is 10.6. The molecule has 8 aromatic carbocycles. The molecule has 0 fully saturated rings. The first-order valence-corrected chi connectivity index (χ1v) is 18.4. The Labute approximate surface area is 314 Å². The van der Waals surface area contributed by atoms with Gasteiger partial charge in [-0.2, -0.15) is 0 Å². The number of fused-ring (bicyclic) bond motifs is 6. The summed E-state index contributed by atoms with van der Waals surface area (Å²) in [6, 6.07) is 69.5. The van der Waals surface area contributed by atoms with E-state index in [1.807, 2.05) is 24.5 Å². The first-order chi connectivity index (χ1) is 26.8. The van der Waals surface area contributed by atoms with E-state index in [0.29, 0.717) is 0 Å². The second-order valence-electron chi connectivity index (χ2n) is 13.6. The van der Waals surface area contributed by atoms with Crippen molar-refractivity contribution in [2.75, 3.05) is 0 Å². The average molecular weight is 687 g/mol. The highest BCUT2D eigenvalue weighted by molar-refractivity contribution is 6.30. The van der Waals surface area contributed by atoms with Gasteiger partial charge in [0.25, 0.3) is 0 Å². The molecule has 0 amide bonds. The fourth-order valence-corrected chi connectivity index (χ4v) is 8.31. The summed E-state index contributed by atoms with van der Waals surface area (Å²) in [4.78, 5) is 10.2. The van der Waals surface area contributed by atoms with Crippen LogP contribution in [-0.4, -0.2) is 9.97 Å². The molecule has 0 aliphatic heterocycles. The Morgan fingerprint density at radius 3 is 1.26 bits per heavy atom. The molecule has 0 bridgehead atoms. The number of rotatable bonds is 6. The lowest BCUT2D eigenvalue weighted by molar-refractivity contribution is 1.30. The van der Waals surface area contributed by atoms with Crippen LogP contribution in [0.4, 0.5) is 0 Å². The van der Waals surface area contributed by atoms with Crippen LogP contribution >= 0.6 is 0 Å². The number of hydrogen-bond donors (Lipinski definition) is 0. The van der Waals surface area contributed by atoms with Gasteiger partial charge in [-0.15, -0.1) is 0 Å². The summed E-state index contributed by atoms with van der Waals surface area (Å²) in [6.45, 7) is 0. The lowest BCUT2D eigenvalue weighted by Gasteiger charge is -2.24. The summed E-state index contributed by atoms with van der Waals surface area (Å²) in [7, 11) is 0. The van der Waals surface area contributed by atoms with Gasteiger partial charge in [0, 0.05) is 23.5 Å². The quantitative estimate of drug-likeness (QED) is 0.163. The molecule has 0 aliphatic carbocycles. The van der Waals surface area contributed by atoms with Crippen LogP contribution in [0.5, 0.6) is 0 Å². The van der Waals surface area contributed by atoms with Crippen molar-refractivity contribution >= 4 is 32.3 Å². The van der Waals surface area contributed by atoms with Crippen molar-refractivity contribution in [3.8, 4) is 67.0 Å². The zero-order chi connectivity index (χ0) is 35.8. The summed E-state index contributed by atoms with van der Waals surface area (Å²) in [5, 5.41) is 7.42. The van der Waals surface area contributed by atoms with Gasteiger partial charge in [-0.25, -0.2) is 0 Å². The van der Waals surface area contributed by atoms with E-state index in [1.165, 1.54) is 54.6 Å². The molecule has 0 spiro atoms. The first kappa shape index (κ1) is 31.6. The molecule has 0 aliphatic rings. The highest BCUT2D eigenvalue weighted by atomic mass is 14.7. The highest BCUT2D eigenvalue weighted by Crippen LogP contribution is 2.51. The maximum atomic E-state index is 5.10. The van der Waals surface area contributed by atoms with E-state index in [-0.39, 0.29) is 0 Å². The second kappa shape index (κ2) is 13.4. The number of aromatic nitrogens is 2. The van der Waals surface area contributed by atoms with E-state index in [2.05, 4.69) is 182 Å². The molecular weight excluding hydrogens is 653 g/mol. The molecule has 2 heterocycles. The minimum absolute atomic E-state index is 0.897. The minimum Gasteiger partial charge on any atom is -0.256 e. The molecule has 10 rings (SSSR count). The van der Waals surface area contributed by atoms with E-state index in [4.69, 9.17) is 9.97 Å². The van der Waals surface area contributed by atoms with Crippen LogP contribution in [0.25, 0.3) is 99.3 Å². The lowest BCUT2D eigenvalue weighted by atomic mass is 9.79. The van der Waals surface area contributed by atoms with E-state index in [0.717, 1.165) is 44.8 Å². The fraction of sp³-hybridized carbons (Fsp3) is 0. The van der Waals surface area contributed by atoms with Crippen LogP contribution < -0.4 is 0 Å². The van der Waals surface area contributed by atoms with Crippen LogP contribution in [0.15, 0.2) is 207 Å². The summed E-state index contributed by atoms with van der Waals surface area (Å²) in [6.07, 6.45) is 3.79. The number of hydrogen-bond acceptors (Lipinski definition) is 2. The van der Waals surface area contributed by atoms with E-state index in [1.54, 1.807) is 0 Å². The van der Waals surface area contributed by atoms with Crippen LogP contribution in [0.3, 0.4) is 0 Å². The topological polar surface area (TPSA) is 25.8 Å². The number of pyridine rings is 2. The van der Waals surface area contributed by atoms with Crippen molar-refractivity contribution in [1.82, 2.24) is 9.97 Å². The number of benzene rings is 8. The second-order valence-corrected chi connectivity index (χ2v) is 13.6. The third-order valence-corrected chi connectivity index (χ3v) is 10.6. The Kier molecular flexibility index (Phi) is 7.85. The average Bonchev–Trinajstić information content (AvgIpc) is 3.27. The predicted molar refractivity (Wildman–Crippen MR) is 227 cm³/mol. The van der Waals surface area contributed by atoms with Crippen molar-refractivity contribution in [2.24, 2.45) is 0 Å². The first-order valence-electron chi connectivity index (χ1n) is 18.4. The predicted octanol–water partition coefficient (Wildman–Crippen LogP) is 13.9. The van der Waals surface area contributed by atoms with Gasteiger partial charge < -0.3 is 0 Å². The SMILES string of the molecule is c1ccc(-c2ccccc2-c2ccc(-c3c(-c4ccccc4)ccc4c5ccccc5c5ccccc5c34)c(-c3ccccn3)c2-c2ccccn2)cc1. The Hall–Kier alpha value is -7.16. The summed E-state index contributed by atoms with van der Waals surface area (Å²) in [5.74, 6) is 0. The normalized spacial score (nSPS) is 11.3. The molecule has 0 N–H and O–H groups in total. The summed E-state index contributed by atoms with van der Waals surface area (Å²) < 4.78 is 0. The molecule has 2 nitrogen and oxygen atoms in total. The van der Waals surface area contributed by atoms with E-state index < -0.39 is 0 Å². The Morgan fingerprint density at radius 2 is 0.667 bits per heavy atom. The van der Waals surface area contributed by atoms with Crippen molar-refractivity contribution in [3.63, 3.8) is 0 Å². The number of nitrogens with zero attached hydrogens (tertiary/aromatic N) is 2. The van der Waals surface area contributed by atoms with Crippen molar-refractivity contribution < 1.29 is 0 Å². The van der Waals surface area contributed by atoms with Gasteiger partial charge in [0.15, 0.2) is 0 Å². The maximum absolute atomic E-state index is 5.10. The standard InChI is InChI=1S/C52H34N2/c1-3-17-35(18-4-1)37-21-7-8-22-39(37)45-31-32-46(52(48-28-14-16-34-54-48)51(45)47-27-13-15-33-53-47)49-38(36-19-5-2-6-20-36)29-30-44-42-25-10-9-23-40(42)41-24-11-12-26-43(41)50(44)49/h1-34H. The van der Waals surface area contributed by atoms with Crippen LogP contribution in [-0.2, 0) is 0 Å². The molecule has 0 unspecified atom stereocenters. The molecule has 0 saturated heterocycles. The zero-order valence-electron chi connectivity index (χ0n) is 29.5. The third kappa shape index (κ3) is 5.27. The molecule has 252 valence electrons. The van der Waals surface area contributed by atoms with Crippen molar-refractivity contribution in [2.45, 2.75) is 0 Å². The van der Waals surface area contributed by atoms with Gasteiger partial charge in [0.2, 0.25) is 0 Å². The van der Waals surface area contributed by atoms with E-state index >= 15 is 0 Å². The smallest absolute Gasteiger partial charge is 0.0715 e. The van der Waals surface area contributed by atoms with Gasteiger partial charge in [0.05, 0.1) is 11.4 Å². The lowest BCUT2D eigenvalue weighted by Crippen LogP contribution is -1.99. The molecule has 2 aromatic heterocycles. The largest absolute Gasteiger partial charge is 0.256 e. The minimum atomic E-state index is 0.897. The van der Waals surface area contributed by atoms with Gasteiger partial charge in [-0.3, -0.25) is 9.97 Å². The Bertz CT molecular complexity index is 2920. The summed E-state index contributed by atoms with van der Waals surface area (Å²) >= 11 is 0. The molecule has 0 atom stereocenters. The summed E-state index contributed by atoms with van der Waals surface area (Å²) in [5.41, 5.74) is 13.1.